The van der Waals surface area contributed by atoms with E-state index >= 15 is 0 Å². The van der Waals surface area contributed by atoms with E-state index in [1.807, 2.05) is 31.2 Å². The van der Waals surface area contributed by atoms with Crippen molar-refractivity contribution in [3.05, 3.63) is 69.8 Å². The van der Waals surface area contributed by atoms with Crippen molar-refractivity contribution in [2.75, 3.05) is 0 Å². The summed E-state index contributed by atoms with van der Waals surface area (Å²) >= 11 is 3.32. The first kappa shape index (κ1) is 16.5. The third-order valence-corrected chi connectivity index (χ3v) is 4.66. The van der Waals surface area contributed by atoms with Crippen molar-refractivity contribution in [2.24, 2.45) is 0 Å². The number of aliphatic carboxylic acids is 1. The van der Waals surface area contributed by atoms with Gasteiger partial charge in [-0.05, 0) is 30.7 Å². The Morgan fingerprint density at radius 2 is 1.79 bits per heavy atom. The second-order valence-electron chi connectivity index (χ2n) is 5.72. The molecule has 1 atom stereocenters. The van der Waals surface area contributed by atoms with Crippen LogP contribution < -0.4 is 5.11 Å². The summed E-state index contributed by atoms with van der Waals surface area (Å²) in [7, 11) is 0. The van der Waals surface area contributed by atoms with Gasteiger partial charge in [-0.3, -0.25) is 4.79 Å². The van der Waals surface area contributed by atoms with E-state index in [4.69, 9.17) is 0 Å². The fraction of sp³-hybridized carbons (Fsp3) is 0.158. The summed E-state index contributed by atoms with van der Waals surface area (Å²) in [5.41, 5.74) is 2.71. The van der Waals surface area contributed by atoms with Gasteiger partial charge in [0.25, 0.3) is 0 Å². The molecule has 0 bridgehead atoms. The number of carboxylic acid groups (broad SMARTS) is 1. The predicted octanol–water partition coefficient (Wildman–Crippen LogP) is 3.35. The zero-order valence-corrected chi connectivity index (χ0v) is 14.6. The minimum Gasteiger partial charge on any atom is -0.549 e. The molecule has 0 fully saturated rings. The Morgan fingerprint density at radius 1 is 1.12 bits per heavy atom. The molecule has 0 spiro atoms. The van der Waals surface area contributed by atoms with E-state index in [0.29, 0.717) is 11.1 Å². The number of fused-ring (bicyclic) bond motifs is 1. The number of carbonyl (C=O) groups is 2. The number of ketones is 1. The lowest BCUT2D eigenvalue weighted by Gasteiger charge is -2.18. The predicted molar refractivity (Wildman–Crippen MR) is 93.9 cm³/mol. The molecule has 1 aromatic heterocycles. The lowest BCUT2D eigenvalue weighted by Crippen LogP contribution is -2.31. The molecule has 2 aromatic carbocycles. The molecule has 1 N–H and O–H groups in total. The molecular weight excluding hydrogens is 370 g/mol. The van der Waals surface area contributed by atoms with E-state index in [1.54, 1.807) is 24.3 Å². The van der Waals surface area contributed by atoms with Crippen LogP contribution in [0.2, 0.25) is 0 Å². The van der Waals surface area contributed by atoms with Gasteiger partial charge in [0, 0.05) is 44.9 Å². The normalized spacial score (nSPS) is 12.2. The Hall–Kier alpha value is -2.40. The molecule has 3 aromatic rings. The van der Waals surface area contributed by atoms with E-state index in [2.05, 4.69) is 20.9 Å². The van der Waals surface area contributed by atoms with E-state index in [1.165, 1.54) is 0 Å². The van der Waals surface area contributed by atoms with Crippen molar-refractivity contribution >= 4 is 38.6 Å². The van der Waals surface area contributed by atoms with Crippen LogP contribution in [0.25, 0.3) is 10.9 Å². The molecule has 0 amide bonds. The van der Waals surface area contributed by atoms with Crippen LogP contribution in [-0.4, -0.2) is 16.7 Å². The summed E-state index contributed by atoms with van der Waals surface area (Å²) in [6.07, 6.45) is -0.132. The molecule has 4 nitrogen and oxygen atoms in total. The number of benzene rings is 2. The van der Waals surface area contributed by atoms with Gasteiger partial charge in [0.15, 0.2) is 5.78 Å². The van der Waals surface area contributed by atoms with Crippen molar-refractivity contribution < 1.29 is 14.7 Å². The second-order valence-corrected chi connectivity index (χ2v) is 6.63. The van der Waals surface area contributed by atoms with Gasteiger partial charge in [0.05, 0.1) is 0 Å². The smallest absolute Gasteiger partial charge is 0.163 e. The molecule has 0 saturated heterocycles. The van der Waals surface area contributed by atoms with Crippen LogP contribution in [0.15, 0.2) is 53.0 Å². The SMILES string of the molecule is Cc1[nH]c2ccccc2c1[C@@H](CC(=O)c1ccc(Br)cc1)C(=O)[O-]. The van der Waals surface area contributed by atoms with Crippen molar-refractivity contribution in [1.29, 1.82) is 0 Å². The molecule has 0 aliphatic heterocycles. The maximum atomic E-state index is 12.5. The van der Waals surface area contributed by atoms with Gasteiger partial charge in [0.1, 0.15) is 0 Å². The van der Waals surface area contributed by atoms with Crippen molar-refractivity contribution in [2.45, 2.75) is 19.3 Å². The van der Waals surface area contributed by atoms with Crippen LogP contribution in [0.5, 0.6) is 0 Å². The van der Waals surface area contributed by atoms with E-state index in [9.17, 15) is 14.7 Å². The lowest BCUT2D eigenvalue weighted by molar-refractivity contribution is -0.307. The van der Waals surface area contributed by atoms with Crippen LogP contribution in [0, 0.1) is 6.92 Å². The molecular formula is C19H15BrNO3-. The highest BCUT2D eigenvalue weighted by Crippen LogP contribution is 2.32. The fourth-order valence-corrected chi connectivity index (χ4v) is 3.25. The van der Waals surface area contributed by atoms with E-state index in [-0.39, 0.29) is 12.2 Å². The molecule has 0 aliphatic rings. The number of H-pyrrole nitrogens is 1. The Kier molecular flexibility index (Phi) is 4.53. The molecule has 0 aliphatic carbocycles. The van der Waals surface area contributed by atoms with Gasteiger partial charge < -0.3 is 14.9 Å². The maximum absolute atomic E-state index is 12.5. The minimum atomic E-state index is -1.24. The standard InChI is InChI=1S/C19H16BrNO3/c1-11-18(14-4-2-3-5-16(14)21-11)15(19(23)24)10-17(22)12-6-8-13(20)9-7-12/h2-9,15,21H,10H2,1H3,(H,23,24)/p-1/t15-/m1/s1. The number of carboxylic acids is 1. The first-order valence-corrected chi connectivity index (χ1v) is 8.33. The second kappa shape index (κ2) is 6.61. The maximum Gasteiger partial charge on any atom is 0.163 e. The Bertz CT molecular complexity index is 912. The number of aromatic nitrogens is 1. The molecule has 0 saturated carbocycles. The number of aromatic amines is 1. The number of aryl methyl sites for hydroxylation is 1. The summed E-state index contributed by atoms with van der Waals surface area (Å²) in [5, 5.41) is 12.5. The molecule has 24 heavy (non-hydrogen) atoms. The monoisotopic (exact) mass is 384 g/mol. The summed E-state index contributed by atoms with van der Waals surface area (Å²) in [4.78, 5) is 27.4. The Labute approximate surface area is 147 Å². The van der Waals surface area contributed by atoms with Crippen LogP contribution >= 0.6 is 15.9 Å². The first-order valence-electron chi connectivity index (χ1n) is 7.54. The van der Waals surface area contributed by atoms with Gasteiger partial charge in [-0.25, -0.2) is 0 Å². The number of carbonyl (C=O) groups excluding carboxylic acids is 2. The minimum absolute atomic E-state index is 0.132. The number of halogens is 1. The number of nitrogens with one attached hydrogen (secondary N) is 1. The van der Waals surface area contributed by atoms with Gasteiger partial charge in [-0.1, -0.05) is 46.3 Å². The number of rotatable bonds is 5. The number of hydrogen-bond acceptors (Lipinski definition) is 3. The van der Waals surface area contributed by atoms with Crippen molar-refractivity contribution in [3.8, 4) is 0 Å². The Balaban J connectivity index is 1.98. The lowest BCUT2D eigenvalue weighted by atomic mass is 9.89. The van der Waals surface area contributed by atoms with Gasteiger partial charge >= 0.3 is 0 Å². The average molecular weight is 385 g/mol. The molecule has 1 heterocycles. The van der Waals surface area contributed by atoms with Crippen molar-refractivity contribution in [1.82, 2.24) is 4.98 Å². The highest BCUT2D eigenvalue weighted by atomic mass is 79.9. The summed E-state index contributed by atoms with van der Waals surface area (Å²) in [6.45, 7) is 1.81. The van der Waals surface area contributed by atoms with Crippen LogP contribution in [0.4, 0.5) is 0 Å². The van der Waals surface area contributed by atoms with Gasteiger partial charge in [0.2, 0.25) is 0 Å². The topological polar surface area (TPSA) is 73.0 Å². The number of hydrogen-bond donors (Lipinski definition) is 1. The van der Waals surface area contributed by atoms with Crippen LogP contribution in [-0.2, 0) is 4.79 Å². The van der Waals surface area contributed by atoms with Gasteiger partial charge in [-0.15, -0.1) is 0 Å². The quantitative estimate of drug-likeness (QED) is 0.685. The fourth-order valence-electron chi connectivity index (χ4n) is 2.99. The molecule has 3 rings (SSSR count). The molecule has 5 heteroatoms. The molecule has 122 valence electrons. The average Bonchev–Trinajstić information content (AvgIpc) is 2.88. The molecule has 0 radical (unpaired) electrons. The number of para-hydroxylation sites is 1. The Morgan fingerprint density at radius 3 is 2.46 bits per heavy atom. The highest BCUT2D eigenvalue weighted by Gasteiger charge is 2.23. The summed E-state index contributed by atoms with van der Waals surface area (Å²) in [6, 6.07) is 14.4. The first-order chi connectivity index (χ1) is 11.5. The van der Waals surface area contributed by atoms with Gasteiger partial charge in [-0.2, -0.15) is 0 Å². The summed E-state index contributed by atoms with van der Waals surface area (Å²) < 4.78 is 0.864. The van der Waals surface area contributed by atoms with Crippen molar-refractivity contribution in [3.63, 3.8) is 0 Å². The zero-order valence-electron chi connectivity index (χ0n) is 13.0. The largest absolute Gasteiger partial charge is 0.549 e. The summed E-state index contributed by atoms with van der Waals surface area (Å²) in [5.74, 6) is -2.45. The third-order valence-electron chi connectivity index (χ3n) is 4.13. The third kappa shape index (κ3) is 3.12. The van der Waals surface area contributed by atoms with Crippen LogP contribution in [0.1, 0.15) is 34.0 Å². The zero-order chi connectivity index (χ0) is 17.3. The van der Waals surface area contributed by atoms with Crippen LogP contribution in [0.3, 0.4) is 0 Å². The van der Waals surface area contributed by atoms with E-state index < -0.39 is 11.9 Å². The van der Waals surface area contributed by atoms with E-state index in [0.717, 1.165) is 21.1 Å². The number of Topliss-reactive ketones (excluding diaryl/α,β-unsaturated/α-hetero) is 1. The highest BCUT2D eigenvalue weighted by molar-refractivity contribution is 9.10. The molecule has 0 unspecified atom stereocenters.